The number of esters is 1. The van der Waals surface area contributed by atoms with Crippen LogP contribution in [0.4, 0.5) is 0 Å². The fraction of sp³-hybridized carbons (Fsp3) is 0.937. The van der Waals surface area contributed by atoms with E-state index in [0.717, 1.165) is 57.8 Å². The first-order valence-corrected chi connectivity index (χ1v) is 31.4. The first-order chi connectivity index (χ1) is 34.0. The molecule has 410 valence electrons. The van der Waals surface area contributed by atoms with Crippen molar-refractivity contribution in [3.8, 4) is 0 Å². The zero-order valence-corrected chi connectivity index (χ0v) is 46.8. The minimum absolute atomic E-state index is 0.0111. The minimum atomic E-state index is -0.675. The highest BCUT2D eigenvalue weighted by Crippen LogP contribution is 2.18. The number of unbranched alkanes of at least 4 members (excludes halogenated alkanes) is 46. The van der Waals surface area contributed by atoms with E-state index < -0.39 is 12.1 Å². The van der Waals surface area contributed by atoms with Gasteiger partial charge in [-0.05, 0) is 51.4 Å². The Balaban J connectivity index is 3.43. The molecule has 0 bridgehead atoms. The lowest BCUT2D eigenvalue weighted by Gasteiger charge is -2.22. The molecule has 0 aliphatic carbocycles. The highest BCUT2D eigenvalue weighted by molar-refractivity contribution is 5.76. The molecule has 0 spiro atoms. The van der Waals surface area contributed by atoms with E-state index in [1.807, 2.05) is 0 Å². The monoisotopic (exact) mass is 974 g/mol. The van der Waals surface area contributed by atoms with Crippen LogP contribution in [0.3, 0.4) is 0 Å². The first kappa shape index (κ1) is 67.6. The molecule has 0 saturated heterocycles. The van der Waals surface area contributed by atoms with Crippen molar-refractivity contribution >= 4 is 11.9 Å². The van der Waals surface area contributed by atoms with Crippen molar-refractivity contribution < 1.29 is 24.5 Å². The summed E-state index contributed by atoms with van der Waals surface area (Å²) in [7, 11) is 0. The number of hydrogen-bond donors (Lipinski definition) is 3. The largest absolute Gasteiger partial charge is 0.466 e. The molecule has 0 aliphatic rings. The number of aliphatic hydroxyl groups excluding tert-OH is 2. The van der Waals surface area contributed by atoms with Gasteiger partial charge in [0.1, 0.15) is 0 Å². The summed E-state index contributed by atoms with van der Waals surface area (Å²) in [5.74, 6) is -0.0574. The molecule has 0 aromatic carbocycles. The molecule has 0 saturated carbocycles. The van der Waals surface area contributed by atoms with Gasteiger partial charge in [0.25, 0.3) is 0 Å². The fourth-order valence-corrected chi connectivity index (χ4v) is 9.99. The van der Waals surface area contributed by atoms with Crippen LogP contribution in [0, 0.1) is 0 Å². The minimum Gasteiger partial charge on any atom is -0.466 e. The van der Waals surface area contributed by atoms with Crippen molar-refractivity contribution in [1.82, 2.24) is 5.32 Å². The van der Waals surface area contributed by atoms with E-state index in [9.17, 15) is 19.8 Å². The van der Waals surface area contributed by atoms with E-state index in [-0.39, 0.29) is 18.5 Å². The summed E-state index contributed by atoms with van der Waals surface area (Å²) < 4.78 is 5.48. The van der Waals surface area contributed by atoms with Gasteiger partial charge in [0, 0.05) is 12.8 Å². The Morgan fingerprint density at radius 2 is 0.681 bits per heavy atom. The Kier molecular flexibility index (Phi) is 58.0. The maximum absolute atomic E-state index is 12.5. The van der Waals surface area contributed by atoms with Gasteiger partial charge >= 0.3 is 5.97 Å². The molecule has 6 heteroatoms. The van der Waals surface area contributed by atoms with Gasteiger partial charge in [0.15, 0.2) is 0 Å². The number of carbonyl (C=O) groups is 2. The summed E-state index contributed by atoms with van der Waals surface area (Å²) in [4.78, 5) is 24.6. The van der Waals surface area contributed by atoms with Gasteiger partial charge in [0.05, 0.1) is 25.4 Å². The molecule has 0 heterocycles. The third-order valence-corrected chi connectivity index (χ3v) is 14.8. The number of amides is 1. The summed E-state index contributed by atoms with van der Waals surface area (Å²) in [6.45, 7) is 4.95. The maximum atomic E-state index is 12.5. The van der Waals surface area contributed by atoms with Crippen molar-refractivity contribution in [2.45, 2.75) is 366 Å². The Morgan fingerprint density at radius 1 is 0.391 bits per heavy atom. The highest BCUT2D eigenvalue weighted by Gasteiger charge is 2.20. The van der Waals surface area contributed by atoms with Crippen LogP contribution in [0.25, 0.3) is 0 Å². The second-order valence-electron chi connectivity index (χ2n) is 21.7. The number of ether oxygens (including phenoxy) is 1. The first-order valence-electron chi connectivity index (χ1n) is 31.4. The molecule has 2 atom stereocenters. The van der Waals surface area contributed by atoms with Crippen LogP contribution in [0.5, 0.6) is 0 Å². The van der Waals surface area contributed by atoms with E-state index in [2.05, 4.69) is 31.3 Å². The summed E-state index contributed by atoms with van der Waals surface area (Å²) in [5, 5.41) is 23.4. The second kappa shape index (κ2) is 59.2. The van der Waals surface area contributed by atoms with Gasteiger partial charge in [-0.25, -0.2) is 0 Å². The lowest BCUT2D eigenvalue weighted by atomic mass is 10.0. The quantitative estimate of drug-likeness (QED) is 0.0321. The standard InChI is InChI=1S/C63H123NO5/c1-3-5-7-9-11-13-15-17-19-21-22-23-24-25-26-28-29-31-35-39-43-47-51-55-61(66)60(59-65)64-62(67)56-52-48-44-40-36-33-34-38-42-46-50-54-58-69-63(68)57-53-49-45-41-37-32-30-27-20-18-16-14-12-10-8-6-4-2/h18,20,60-61,65-66H,3-17,19,21-59H2,1-2H3,(H,64,67)/b20-18-. The second-order valence-corrected chi connectivity index (χ2v) is 21.7. The summed E-state index contributed by atoms with van der Waals surface area (Å²) in [6, 6.07) is -0.554. The number of hydrogen-bond acceptors (Lipinski definition) is 5. The Morgan fingerprint density at radius 3 is 1.03 bits per heavy atom. The van der Waals surface area contributed by atoms with Gasteiger partial charge in [-0.15, -0.1) is 0 Å². The third kappa shape index (κ3) is 55.8. The lowest BCUT2D eigenvalue weighted by molar-refractivity contribution is -0.143. The molecule has 6 nitrogen and oxygen atoms in total. The van der Waals surface area contributed by atoms with Crippen LogP contribution in [0.15, 0.2) is 12.2 Å². The molecule has 0 aromatic rings. The lowest BCUT2D eigenvalue weighted by Crippen LogP contribution is -2.45. The molecule has 0 aliphatic heterocycles. The zero-order chi connectivity index (χ0) is 50.0. The van der Waals surface area contributed by atoms with E-state index in [1.54, 1.807) is 0 Å². The van der Waals surface area contributed by atoms with Crippen molar-refractivity contribution in [3.63, 3.8) is 0 Å². The number of aliphatic hydroxyl groups is 2. The topological polar surface area (TPSA) is 95.9 Å². The average Bonchev–Trinajstić information content (AvgIpc) is 3.35. The van der Waals surface area contributed by atoms with Crippen LogP contribution < -0.4 is 5.32 Å². The molecule has 0 radical (unpaired) electrons. The number of allylic oxidation sites excluding steroid dienone is 2. The summed E-state index contributed by atoms with van der Waals surface area (Å²) >= 11 is 0. The number of nitrogens with one attached hydrogen (secondary N) is 1. The summed E-state index contributed by atoms with van der Waals surface area (Å²) in [6.07, 6.45) is 70.7. The van der Waals surface area contributed by atoms with E-state index >= 15 is 0 Å². The van der Waals surface area contributed by atoms with Gasteiger partial charge in [-0.2, -0.15) is 0 Å². The van der Waals surface area contributed by atoms with Crippen LogP contribution in [0.2, 0.25) is 0 Å². The molecule has 1 amide bonds. The van der Waals surface area contributed by atoms with E-state index in [1.165, 1.54) is 263 Å². The Bertz CT molecular complexity index is 1030. The van der Waals surface area contributed by atoms with Crippen molar-refractivity contribution in [2.75, 3.05) is 13.2 Å². The Labute approximate surface area is 431 Å². The SMILES string of the molecule is CCCCCCCC/C=C\CCCCCCCCCC(=O)OCCCCCCCCCCCCCCC(=O)NC(CO)C(O)CCCCCCCCCCCCCCCCCCCCCCCCC. The predicted octanol–water partition coefficient (Wildman–Crippen LogP) is 19.6. The molecule has 2 unspecified atom stereocenters. The smallest absolute Gasteiger partial charge is 0.305 e. The zero-order valence-electron chi connectivity index (χ0n) is 46.8. The van der Waals surface area contributed by atoms with Gasteiger partial charge in [-0.3, -0.25) is 9.59 Å². The van der Waals surface area contributed by atoms with Gasteiger partial charge < -0.3 is 20.3 Å². The number of carbonyl (C=O) groups excluding carboxylic acids is 2. The van der Waals surface area contributed by atoms with Crippen molar-refractivity contribution in [3.05, 3.63) is 12.2 Å². The van der Waals surface area contributed by atoms with E-state index in [0.29, 0.717) is 25.9 Å². The normalized spacial score (nSPS) is 12.6. The predicted molar refractivity (Wildman–Crippen MR) is 301 cm³/mol. The molecule has 3 N–H and O–H groups in total. The van der Waals surface area contributed by atoms with Gasteiger partial charge in [-0.1, -0.05) is 302 Å². The van der Waals surface area contributed by atoms with Crippen LogP contribution in [-0.2, 0) is 14.3 Å². The van der Waals surface area contributed by atoms with Crippen molar-refractivity contribution in [2.24, 2.45) is 0 Å². The molecular formula is C63H123NO5. The van der Waals surface area contributed by atoms with Crippen LogP contribution >= 0.6 is 0 Å². The number of rotatable bonds is 59. The fourth-order valence-electron chi connectivity index (χ4n) is 9.99. The molecule has 0 fully saturated rings. The summed E-state index contributed by atoms with van der Waals surface area (Å²) in [5.41, 5.74) is 0. The molecule has 0 aromatic heterocycles. The van der Waals surface area contributed by atoms with E-state index in [4.69, 9.17) is 4.74 Å². The van der Waals surface area contributed by atoms with Crippen molar-refractivity contribution in [1.29, 1.82) is 0 Å². The molecule has 0 rings (SSSR count). The highest BCUT2D eigenvalue weighted by atomic mass is 16.5. The molecular weight excluding hydrogens is 851 g/mol. The van der Waals surface area contributed by atoms with Gasteiger partial charge in [0.2, 0.25) is 5.91 Å². The maximum Gasteiger partial charge on any atom is 0.305 e. The third-order valence-electron chi connectivity index (χ3n) is 14.8. The Hall–Kier alpha value is -1.40. The van der Waals surface area contributed by atoms with Crippen LogP contribution in [-0.4, -0.2) is 47.4 Å². The average molecular weight is 975 g/mol. The molecule has 69 heavy (non-hydrogen) atoms. The van der Waals surface area contributed by atoms with Crippen LogP contribution in [0.1, 0.15) is 354 Å².